The Labute approximate surface area is 145 Å². The zero-order chi connectivity index (χ0) is 17.2. The standard InChI is InChI=1S/C20H17N3O2/c24-18-9-7-13-6-8-16(12-17(13)23-18)22-19(25)11-15-4-1-3-14-5-2-10-21-20(14)15/h1-6,8,10,12H,7,9,11H2,(H,22,25)(H,23,24). The van der Waals surface area contributed by atoms with E-state index in [1.807, 2.05) is 48.5 Å². The minimum atomic E-state index is -0.111. The summed E-state index contributed by atoms with van der Waals surface area (Å²) in [6.45, 7) is 0. The molecule has 2 N–H and O–H groups in total. The Hall–Kier alpha value is -3.21. The molecule has 2 amide bonds. The van der Waals surface area contributed by atoms with Gasteiger partial charge in [0, 0.05) is 29.4 Å². The molecule has 2 heterocycles. The number of nitrogens with zero attached hydrogens (tertiary/aromatic N) is 1. The lowest BCUT2D eigenvalue weighted by molar-refractivity contribution is -0.116. The van der Waals surface area contributed by atoms with Crippen molar-refractivity contribution in [2.45, 2.75) is 19.3 Å². The second kappa shape index (κ2) is 6.36. The number of nitrogens with one attached hydrogen (secondary N) is 2. The van der Waals surface area contributed by atoms with Crippen LogP contribution in [0.2, 0.25) is 0 Å². The van der Waals surface area contributed by atoms with Gasteiger partial charge in [-0.25, -0.2) is 0 Å². The minimum Gasteiger partial charge on any atom is -0.326 e. The topological polar surface area (TPSA) is 71.1 Å². The van der Waals surface area contributed by atoms with Crippen molar-refractivity contribution >= 4 is 34.1 Å². The van der Waals surface area contributed by atoms with E-state index in [1.165, 1.54) is 0 Å². The molecule has 3 aromatic rings. The van der Waals surface area contributed by atoms with E-state index in [9.17, 15) is 9.59 Å². The van der Waals surface area contributed by atoms with Crippen molar-refractivity contribution < 1.29 is 9.59 Å². The smallest absolute Gasteiger partial charge is 0.228 e. The average molecular weight is 331 g/mol. The third kappa shape index (κ3) is 3.21. The Morgan fingerprint density at radius 2 is 2.00 bits per heavy atom. The predicted molar refractivity (Wildman–Crippen MR) is 97.5 cm³/mol. The Balaban J connectivity index is 1.52. The quantitative estimate of drug-likeness (QED) is 0.773. The Morgan fingerprint density at radius 1 is 1.12 bits per heavy atom. The summed E-state index contributed by atoms with van der Waals surface area (Å²) < 4.78 is 0. The fourth-order valence-electron chi connectivity index (χ4n) is 3.14. The number of aromatic nitrogens is 1. The Morgan fingerprint density at radius 3 is 2.92 bits per heavy atom. The van der Waals surface area contributed by atoms with E-state index in [0.29, 0.717) is 12.1 Å². The summed E-state index contributed by atoms with van der Waals surface area (Å²) in [6, 6.07) is 15.3. The molecule has 0 atom stereocenters. The minimum absolute atomic E-state index is 0.0119. The lowest BCUT2D eigenvalue weighted by Gasteiger charge is -2.17. The number of anilines is 2. The highest BCUT2D eigenvalue weighted by atomic mass is 16.2. The number of rotatable bonds is 3. The fraction of sp³-hybridized carbons (Fsp3) is 0.150. The van der Waals surface area contributed by atoms with Crippen LogP contribution in [0.25, 0.3) is 10.9 Å². The summed E-state index contributed by atoms with van der Waals surface area (Å²) in [5.41, 5.74) is 4.29. The molecule has 0 bridgehead atoms. The third-order valence-electron chi connectivity index (χ3n) is 4.36. The van der Waals surface area contributed by atoms with Gasteiger partial charge >= 0.3 is 0 Å². The number of amides is 2. The maximum Gasteiger partial charge on any atom is 0.228 e. The van der Waals surface area contributed by atoms with Crippen molar-refractivity contribution in [3.05, 3.63) is 65.9 Å². The van der Waals surface area contributed by atoms with Gasteiger partial charge in [-0.05, 0) is 35.7 Å². The van der Waals surface area contributed by atoms with Crippen molar-refractivity contribution in [2.24, 2.45) is 0 Å². The van der Waals surface area contributed by atoms with E-state index in [-0.39, 0.29) is 18.2 Å². The molecule has 1 aromatic heterocycles. The van der Waals surface area contributed by atoms with E-state index in [1.54, 1.807) is 6.20 Å². The molecular weight excluding hydrogens is 314 g/mol. The van der Waals surface area contributed by atoms with Crippen molar-refractivity contribution in [2.75, 3.05) is 10.6 Å². The Kier molecular flexibility index (Phi) is 3.90. The van der Waals surface area contributed by atoms with Gasteiger partial charge < -0.3 is 10.6 Å². The number of hydrogen-bond acceptors (Lipinski definition) is 3. The third-order valence-corrected chi connectivity index (χ3v) is 4.36. The lowest BCUT2D eigenvalue weighted by Crippen LogP contribution is -2.20. The number of hydrogen-bond donors (Lipinski definition) is 2. The zero-order valence-electron chi connectivity index (χ0n) is 13.6. The second-order valence-electron chi connectivity index (χ2n) is 6.14. The van der Waals surface area contributed by atoms with Gasteiger partial charge in [-0.1, -0.05) is 30.3 Å². The summed E-state index contributed by atoms with van der Waals surface area (Å²) >= 11 is 0. The first-order valence-corrected chi connectivity index (χ1v) is 8.24. The molecule has 5 nitrogen and oxygen atoms in total. The number of pyridine rings is 1. The van der Waals surface area contributed by atoms with Crippen molar-refractivity contribution in [1.29, 1.82) is 0 Å². The van der Waals surface area contributed by atoms with Crippen LogP contribution in [-0.4, -0.2) is 16.8 Å². The summed E-state index contributed by atoms with van der Waals surface area (Å²) in [5, 5.41) is 6.77. The van der Waals surface area contributed by atoms with E-state index < -0.39 is 0 Å². The molecule has 0 saturated carbocycles. The molecular formula is C20H17N3O2. The molecule has 2 aromatic carbocycles. The van der Waals surface area contributed by atoms with Crippen LogP contribution in [-0.2, 0) is 22.4 Å². The number of fused-ring (bicyclic) bond motifs is 2. The number of para-hydroxylation sites is 1. The van der Waals surface area contributed by atoms with Gasteiger partial charge in [-0.3, -0.25) is 14.6 Å². The number of benzene rings is 2. The van der Waals surface area contributed by atoms with E-state index >= 15 is 0 Å². The average Bonchev–Trinajstić information content (AvgIpc) is 2.61. The van der Waals surface area contributed by atoms with E-state index in [2.05, 4.69) is 15.6 Å². The summed E-state index contributed by atoms with van der Waals surface area (Å²) in [7, 11) is 0. The van der Waals surface area contributed by atoms with Crippen molar-refractivity contribution in [3.8, 4) is 0 Å². The Bertz CT molecular complexity index is 976. The monoisotopic (exact) mass is 331 g/mol. The lowest BCUT2D eigenvalue weighted by atomic mass is 10.0. The van der Waals surface area contributed by atoms with Crippen LogP contribution in [0.3, 0.4) is 0 Å². The highest BCUT2D eigenvalue weighted by Crippen LogP contribution is 2.26. The van der Waals surface area contributed by atoms with Gasteiger partial charge in [0.1, 0.15) is 0 Å². The van der Waals surface area contributed by atoms with Crippen LogP contribution >= 0.6 is 0 Å². The van der Waals surface area contributed by atoms with E-state index in [4.69, 9.17) is 0 Å². The maximum atomic E-state index is 12.4. The van der Waals surface area contributed by atoms with Gasteiger partial charge in [0.05, 0.1) is 11.9 Å². The zero-order valence-corrected chi connectivity index (χ0v) is 13.6. The molecule has 25 heavy (non-hydrogen) atoms. The number of aryl methyl sites for hydroxylation is 1. The van der Waals surface area contributed by atoms with Crippen LogP contribution in [0.1, 0.15) is 17.5 Å². The first-order valence-electron chi connectivity index (χ1n) is 8.24. The molecule has 0 spiro atoms. The maximum absolute atomic E-state index is 12.4. The highest BCUT2D eigenvalue weighted by molar-refractivity contribution is 5.98. The summed E-state index contributed by atoms with van der Waals surface area (Å²) in [4.78, 5) is 28.3. The SMILES string of the molecule is O=C(Cc1cccc2cccnc12)Nc1ccc2c(c1)NC(=O)CC2. The van der Waals surface area contributed by atoms with Crippen LogP contribution < -0.4 is 10.6 Å². The normalized spacial score (nSPS) is 13.2. The molecule has 0 fully saturated rings. The number of carbonyl (C=O) groups is 2. The molecule has 1 aliphatic heterocycles. The molecule has 1 aliphatic rings. The molecule has 0 saturated heterocycles. The fourth-order valence-corrected chi connectivity index (χ4v) is 3.14. The number of carbonyl (C=O) groups excluding carboxylic acids is 2. The molecule has 0 aliphatic carbocycles. The molecule has 0 radical (unpaired) electrons. The molecule has 0 unspecified atom stereocenters. The van der Waals surface area contributed by atoms with Gasteiger partial charge in [0.25, 0.3) is 0 Å². The van der Waals surface area contributed by atoms with Gasteiger partial charge in [0.2, 0.25) is 11.8 Å². The van der Waals surface area contributed by atoms with Crippen LogP contribution in [0.5, 0.6) is 0 Å². The van der Waals surface area contributed by atoms with Gasteiger partial charge in [-0.15, -0.1) is 0 Å². The van der Waals surface area contributed by atoms with Crippen LogP contribution in [0.4, 0.5) is 11.4 Å². The first kappa shape index (κ1) is 15.3. The molecule has 4 rings (SSSR count). The summed E-state index contributed by atoms with van der Waals surface area (Å²) in [5.74, 6) is -0.0990. The van der Waals surface area contributed by atoms with Crippen molar-refractivity contribution in [1.82, 2.24) is 4.98 Å². The van der Waals surface area contributed by atoms with Crippen molar-refractivity contribution in [3.63, 3.8) is 0 Å². The second-order valence-corrected chi connectivity index (χ2v) is 6.14. The largest absolute Gasteiger partial charge is 0.326 e. The first-order chi connectivity index (χ1) is 12.2. The van der Waals surface area contributed by atoms with Crippen LogP contribution in [0.15, 0.2) is 54.7 Å². The van der Waals surface area contributed by atoms with Gasteiger partial charge in [-0.2, -0.15) is 0 Å². The predicted octanol–water partition coefficient (Wildman–Crippen LogP) is 3.30. The van der Waals surface area contributed by atoms with E-state index in [0.717, 1.165) is 34.1 Å². The molecule has 124 valence electrons. The molecule has 5 heteroatoms. The van der Waals surface area contributed by atoms with Gasteiger partial charge in [0.15, 0.2) is 0 Å². The van der Waals surface area contributed by atoms with Crippen LogP contribution in [0, 0.1) is 0 Å². The highest BCUT2D eigenvalue weighted by Gasteiger charge is 2.15. The summed E-state index contributed by atoms with van der Waals surface area (Å²) in [6.07, 6.45) is 3.22.